The molecule has 0 radical (unpaired) electrons. The van der Waals surface area contributed by atoms with Gasteiger partial charge in [-0.3, -0.25) is 14.5 Å². The van der Waals surface area contributed by atoms with Crippen LogP contribution in [0.15, 0.2) is 40.4 Å². The van der Waals surface area contributed by atoms with E-state index in [1.54, 1.807) is 11.8 Å². The summed E-state index contributed by atoms with van der Waals surface area (Å²) in [5.74, 6) is -0.263. The summed E-state index contributed by atoms with van der Waals surface area (Å²) in [4.78, 5) is 21.8. The van der Waals surface area contributed by atoms with Gasteiger partial charge in [0.1, 0.15) is 22.1 Å². The lowest BCUT2D eigenvalue weighted by atomic mass is 10.1. The SMILES string of the molecule is CCCCc1cnc2c3c(c4ncc(CCCC)nc4c2n1)Sc1c(CCCS(=O)(=O)O)cccc1N3. The Morgan fingerprint density at radius 3 is 2.14 bits per heavy atom. The van der Waals surface area contributed by atoms with Gasteiger partial charge in [0.2, 0.25) is 0 Å². The zero-order valence-corrected chi connectivity index (χ0v) is 22.8. The fraction of sp³-hybridized carbons (Fsp3) is 0.407. The van der Waals surface area contributed by atoms with Crippen LogP contribution in [0.25, 0.3) is 22.1 Å². The lowest BCUT2D eigenvalue weighted by Crippen LogP contribution is -2.09. The van der Waals surface area contributed by atoms with Gasteiger partial charge in [0.25, 0.3) is 10.1 Å². The first-order valence-corrected chi connectivity index (χ1v) is 15.3. The quantitative estimate of drug-likeness (QED) is 0.157. The van der Waals surface area contributed by atoms with Crippen molar-refractivity contribution in [3.8, 4) is 0 Å². The molecule has 10 heteroatoms. The number of hydrogen-bond acceptors (Lipinski definition) is 8. The maximum atomic E-state index is 11.2. The highest BCUT2D eigenvalue weighted by atomic mass is 32.2. The summed E-state index contributed by atoms with van der Waals surface area (Å²) in [6, 6.07) is 5.97. The number of unbranched alkanes of at least 4 members (excludes halogenated alkanes) is 2. The van der Waals surface area contributed by atoms with Crippen LogP contribution in [0.1, 0.15) is 62.9 Å². The average molecular weight is 538 g/mol. The van der Waals surface area contributed by atoms with Crippen molar-refractivity contribution in [3.63, 3.8) is 0 Å². The molecule has 0 atom stereocenters. The molecule has 8 nitrogen and oxygen atoms in total. The Hall–Kier alpha value is -2.82. The molecule has 0 aliphatic carbocycles. The van der Waals surface area contributed by atoms with Crippen LogP contribution in [0.2, 0.25) is 0 Å². The zero-order chi connectivity index (χ0) is 26.0. The van der Waals surface area contributed by atoms with Gasteiger partial charge in [0.15, 0.2) is 0 Å². The van der Waals surface area contributed by atoms with E-state index in [4.69, 9.17) is 24.5 Å². The minimum atomic E-state index is -3.99. The molecule has 194 valence electrons. The number of fused-ring (bicyclic) bond motifs is 7. The first kappa shape index (κ1) is 25.8. The van der Waals surface area contributed by atoms with E-state index in [0.29, 0.717) is 12.8 Å². The second-order valence-electron chi connectivity index (χ2n) is 9.44. The second kappa shape index (κ2) is 10.9. The summed E-state index contributed by atoms with van der Waals surface area (Å²) in [5.41, 5.74) is 7.86. The lowest BCUT2D eigenvalue weighted by Gasteiger charge is -2.25. The molecule has 37 heavy (non-hydrogen) atoms. The molecule has 4 aromatic rings. The van der Waals surface area contributed by atoms with Gasteiger partial charge >= 0.3 is 0 Å². The first-order chi connectivity index (χ1) is 17.9. The maximum absolute atomic E-state index is 11.2. The standard InChI is InChI=1S/C27H31N5O3S2/c1-3-5-11-18-15-28-21-22(30-18)23-24(29-16-19(31-23)12-6-4-2)27-25(21)32-20-13-7-9-17(26(20)36-27)10-8-14-37(33,34)35/h7,9,13,15-16,32H,3-6,8,10-12,14H2,1-2H3,(H,33,34,35). The van der Waals surface area contributed by atoms with Crippen molar-refractivity contribution >= 4 is 55.3 Å². The van der Waals surface area contributed by atoms with Crippen molar-refractivity contribution in [1.82, 2.24) is 19.9 Å². The van der Waals surface area contributed by atoms with Gasteiger partial charge in [0.05, 0.1) is 33.4 Å². The predicted molar refractivity (Wildman–Crippen MR) is 148 cm³/mol. The highest BCUT2D eigenvalue weighted by Crippen LogP contribution is 2.50. The van der Waals surface area contributed by atoms with Gasteiger partial charge in [0, 0.05) is 17.3 Å². The number of benzene rings is 2. The van der Waals surface area contributed by atoms with Crippen LogP contribution in [-0.2, 0) is 29.4 Å². The zero-order valence-electron chi connectivity index (χ0n) is 21.1. The second-order valence-corrected chi connectivity index (χ2v) is 12.0. The molecule has 2 aromatic carbocycles. The van der Waals surface area contributed by atoms with Crippen LogP contribution < -0.4 is 5.32 Å². The molecule has 1 aliphatic heterocycles. The minimum absolute atomic E-state index is 0.263. The van der Waals surface area contributed by atoms with Crippen LogP contribution in [0.5, 0.6) is 0 Å². The molecule has 3 heterocycles. The van der Waals surface area contributed by atoms with E-state index in [-0.39, 0.29) is 5.75 Å². The smallest absolute Gasteiger partial charge is 0.264 e. The van der Waals surface area contributed by atoms with Crippen LogP contribution in [-0.4, -0.2) is 38.7 Å². The van der Waals surface area contributed by atoms with E-state index < -0.39 is 10.1 Å². The highest BCUT2D eigenvalue weighted by Gasteiger charge is 2.26. The lowest BCUT2D eigenvalue weighted by molar-refractivity contribution is 0.481. The van der Waals surface area contributed by atoms with Crippen molar-refractivity contribution < 1.29 is 13.0 Å². The molecule has 0 amide bonds. The third-order valence-corrected chi connectivity index (χ3v) is 8.62. The van der Waals surface area contributed by atoms with Crippen molar-refractivity contribution in [2.24, 2.45) is 0 Å². The number of aromatic nitrogens is 4. The third kappa shape index (κ3) is 5.56. The van der Waals surface area contributed by atoms with Gasteiger partial charge in [-0.15, -0.1) is 0 Å². The Balaban J connectivity index is 1.63. The van der Waals surface area contributed by atoms with Crippen molar-refractivity contribution in [2.45, 2.75) is 75.0 Å². The topological polar surface area (TPSA) is 118 Å². The van der Waals surface area contributed by atoms with Gasteiger partial charge in [-0.05, 0) is 50.2 Å². The van der Waals surface area contributed by atoms with Crippen molar-refractivity contribution in [3.05, 3.63) is 47.5 Å². The summed E-state index contributed by atoms with van der Waals surface area (Å²) >= 11 is 1.61. The van der Waals surface area contributed by atoms with Crippen molar-refractivity contribution in [2.75, 3.05) is 11.1 Å². The van der Waals surface area contributed by atoms with E-state index in [2.05, 4.69) is 19.2 Å². The number of nitrogens with one attached hydrogen (secondary N) is 1. The number of hydrogen-bond donors (Lipinski definition) is 2. The van der Waals surface area contributed by atoms with Crippen LogP contribution in [0.4, 0.5) is 11.4 Å². The number of anilines is 2. The van der Waals surface area contributed by atoms with Gasteiger partial charge in [-0.1, -0.05) is 50.6 Å². The first-order valence-electron chi connectivity index (χ1n) is 12.9. The molecule has 0 saturated carbocycles. The monoisotopic (exact) mass is 537 g/mol. The molecular weight excluding hydrogens is 506 g/mol. The van der Waals surface area contributed by atoms with Gasteiger partial charge in [-0.2, -0.15) is 8.42 Å². The van der Waals surface area contributed by atoms with E-state index in [0.717, 1.165) is 98.7 Å². The summed E-state index contributed by atoms with van der Waals surface area (Å²) < 4.78 is 31.6. The van der Waals surface area contributed by atoms with Crippen LogP contribution in [0, 0.1) is 0 Å². The third-order valence-electron chi connectivity index (χ3n) is 6.53. The molecule has 0 saturated heterocycles. The summed E-state index contributed by atoms with van der Waals surface area (Å²) in [6.45, 7) is 4.33. The van der Waals surface area contributed by atoms with Crippen LogP contribution >= 0.6 is 11.8 Å². The van der Waals surface area contributed by atoms with E-state index >= 15 is 0 Å². The molecule has 2 aromatic heterocycles. The minimum Gasteiger partial charge on any atom is -0.352 e. The Bertz CT molecular complexity index is 1570. The molecule has 0 unspecified atom stereocenters. The van der Waals surface area contributed by atoms with Crippen molar-refractivity contribution in [1.29, 1.82) is 0 Å². The van der Waals surface area contributed by atoms with Gasteiger partial charge < -0.3 is 5.32 Å². The average Bonchev–Trinajstić information content (AvgIpc) is 2.89. The normalized spacial score (nSPS) is 12.9. The molecule has 1 aliphatic rings. The maximum Gasteiger partial charge on any atom is 0.264 e. The number of aryl methyl sites for hydroxylation is 3. The van der Waals surface area contributed by atoms with E-state index in [9.17, 15) is 8.42 Å². The fourth-order valence-corrected chi connectivity index (χ4v) is 6.35. The molecule has 2 N–H and O–H groups in total. The highest BCUT2D eigenvalue weighted by molar-refractivity contribution is 8.00. The molecule has 0 bridgehead atoms. The largest absolute Gasteiger partial charge is 0.352 e. The Morgan fingerprint density at radius 2 is 1.49 bits per heavy atom. The summed E-state index contributed by atoms with van der Waals surface area (Å²) in [6.07, 6.45) is 10.6. The Labute approximate surface area is 221 Å². The summed E-state index contributed by atoms with van der Waals surface area (Å²) in [7, 11) is -3.99. The Kier molecular flexibility index (Phi) is 7.60. The van der Waals surface area contributed by atoms with Crippen LogP contribution in [0.3, 0.4) is 0 Å². The van der Waals surface area contributed by atoms with E-state index in [1.807, 2.05) is 30.6 Å². The molecule has 5 rings (SSSR count). The Morgan fingerprint density at radius 1 is 0.838 bits per heavy atom. The predicted octanol–water partition coefficient (Wildman–Crippen LogP) is 6.29. The molecular formula is C27H31N5O3S2. The van der Waals surface area contributed by atoms with Gasteiger partial charge in [-0.25, -0.2) is 9.97 Å². The molecule has 0 fully saturated rings. The number of nitrogens with zero attached hydrogens (tertiary/aromatic N) is 4. The molecule has 0 spiro atoms. The number of rotatable bonds is 10. The fourth-order valence-electron chi connectivity index (χ4n) is 4.61. The summed E-state index contributed by atoms with van der Waals surface area (Å²) in [5, 5.41) is 3.58. The van der Waals surface area contributed by atoms with E-state index in [1.165, 1.54) is 0 Å².